The molecule has 1 heteroatoms. The fraction of sp³-hybridized carbons (Fsp3) is 0.375. The van der Waals surface area contributed by atoms with Crippen LogP contribution < -0.4 is 0 Å². The number of carbonyl (C=O) groups is 1. The van der Waals surface area contributed by atoms with Gasteiger partial charge in [-0.3, -0.25) is 4.79 Å². The summed E-state index contributed by atoms with van der Waals surface area (Å²) in [5.41, 5.74) is 8.33. The van der Waals surface area contributed by atoms with Crippen molar-refractivity contribution in [1.82, 2.24) is 0 Å². The molecule has 0 fully saturated rings. The lowest BCUT2D eigenvalue weighted by Crippen LogP contribution is -2.34. The Bertz CT molecular complexity index is 837. The van der Waals surface area contributed by atoms with Gasteiger partial charge in [-0.2, -0.15) is 0 Å². The van der Waals surface area contributed by atoms with Crippen LogP contribution in [0, 0.1) is 6.92 Å². The first-order valence-electron chi connectivity index (χ1n) is 9.12. The number of aldehydes is 1. The molecule has 1 aliphatic carbocycles. The lowest BCUT2D eigenvalue weighted by Gasteiger charge is -2.42. The van der Waals surface area contributed by atoms with Crippen molar-refractivity contribution in [3.63, 3.8) is 0 Å². The van der Waals surface area contributed by atoms with E-state index in [0.29, 0.717) is 0 Å². The van der Waals surface area contributed by atoms with Gasteiger partial charge in [0, 0.05) is 0 Å². The van der Waals surface area contributed by atoms with Crippen LogP contribution in [-0.2, 0) is 15.6 Å². The highest BCUT2D eigenvalue weighted by atomic mass is 16.1. The zero-order valence-electron chi connectivity index (χ0n) is 16.0. The molecule has 3 rings (SSSR count). The minimum absolute atomic E-state index is 0.211. The lowest BCUT2D eigenvalue weighted by atomic mass is 9.62. The summed E-state index contributed by atoms with van der Waals surface area (Å²) >= 11 is 0. The molecule has 0 radical (unpaired) electrons. The van der Waals surface area contributed by atoms with E-state index in [4.69, 9.17) is 0 Å². The van der Waals surface area contributed by atoms with Crippen molar-refractivity contribution >= 4 is 12.4 Å². The molecule has 0 amide bonds. The second kappa shape index (κ2) is 6.29. The van der Waals surface area contributed by atoms with E-state index in [9.17, 15) is 4.79 Å². The Hall–Kier alpha value is -2.15. The van der Waals surface area contributed by atoms with Crippen LogP contribution in [0.15, 0.2) is 42.5 Å². The summed E-state index contributed by atoms with van der Waals surface area (Å²) in [4.78, 5) is 10.6. The summed E-state index contributed by atoms with van der Waals surface area (Å²) in [6.45, 7) is 11.7. The Balaban J connectivity index is 2.16. The molecule has 0 saturated carbocycles. The van der Waals surface area contributed by atoms with Crippen LogP contribution in [-0.4, -0.2) is 6.29 Å². The molecule has 1 nitrogen and oxygen atoms in total. The fourth-order valence-corrected chi connectivity index (χ4v) is 3.99. The van der Waals surface area contributed by atoms with E-state index in [1.807, 2.05) is 12.1 Å². The molecule has 1 aliphatic rings. The topological polar surface area (TPSA) is 17.1 Å². The highest BCUT2D eigenvalue weighted by Crippen LogP contribution is 2.47. The second-order valence-corrected chi connectivity index (χ2v) is 8.60. The number of aryl methyl sites for hydroxylation is 1. The van der Waals surface area contributed by atoms with E-state index in [1.165, 1.54) is 40.7 Å². The molecule has 0 heterocycles. The van der Waals surface area contributed by atoms with Crippen molar-refractivity contribution in [3.05, 3.63) is 64.7 Å². The van der Waals surface area contributed by atoms with Gasteiger partial charge in [-0.25, -0.2) is 0 Å². The predicted octanol–water partition coefficient (Wildman–Crippen LogP) is 6.22. The van der Waals surface area contributed by atoms with E-state index >= 15 is 0 Å². The maximum Gasteiger partial charge on any atom is 0.142 e. The number of hydrogen-bond donors (Lipinski definition) is 0. The quantitative estimate of drug-likeness (QED) is 0.481. The Morgan fingerprint density at radius 3 is 2.20 bits per heavy atom. The van der Waals surface area contributed by atoms with Crippen molar-refractivity contribution in [1.29, 1.82) is 0 Å². The van der Waals surface area contributed by atoms with E-state index in [-0.39, 0.29) is 10.8 Å². The molecule has 0 spiro atoms. The highest BCUT2D eigenvalue weighted by Gasteiger charge is 2.37. The Morgan fingerprint density at radius 1 is 0.920 bits per heavy atom. The maximum atomic E-state index is 10.6. The third-order valence-corrected chi connectivity index (χ3v) is 5.76. The standard InChI is InChI=1S/C24H28O/c1-17-14-21-22(24(4,5)12-11-23(21,2)3)16-20(17)19-10-6-8-18(15-19)9-7-13-25/h6-10,13-16H,11-12H2,1-5H3. The number of allylic oxidation sites excluding steroid dienone is 1. The van der Waals surface area contributed by atoms with Gasteiger partial charge in [-0.1, -0.05) is 64.1 Å². The van der Waals surface area contributed by atoms with Gasteiger partial charge in [-0.05, 0) is 76.1 Å². The highest BCUT2D eigenvalue weighted by molar-refractivity contribution is 5.77. The number of hydrogen-bond acceptors (Lipinski definition) is 1. The third-order valence-electron chi connectivity index (χ3n) is 5.76. The van der Waals surface area contributed by atoms with Gasteiger partial charge >= 0.3 is 0 Å². The third kappa shape index (κ3) is 3.33. The van der Waals surface area contributed by atoms with Crippen molar-refractivity contribution in [2.75, 3.05) is 0 Å². The van der Waals surface area contributed by atoms with E-state index < -0.39 is 0 Å². The Labute approximate surface area is 151 Å². The first kappa shape index (κ1) is 17.7. The van der Waals surface area contributed by atoms with Gasteiger partial charge in [-0.15, -0.1) is 0 Å². The number of carbonyl (C=O) groups excluding carboxylic acids is 1. The minimum Gasteiger partial charge on any atom is -0.299 e. The summed E-state index contributed by atoms with van der Waals surface area (Å²) in [5.74, 6) is 0. The Kier molecular flexibility index (Phi) is 4.45. The molecule has 2 aromatic rings. The van der Waals surface area contributed by atoms with Gasteiger partial charge in [0.25, 0.3) is 0 Å². The van der Waals surface area contributed by atoms with Crippen LogP contribution >= 0.6 is 0 Å². The molecule has 0 bridgehead atoms. The van der Waals surface area contributed by atoms with Crippen LogP contribution in [0.5, 0.6) is 0 Å². The fourth-order valence-electron chi connectivity index (χ4n) is 3.99. The zero-order valence-corrected chi connectivity index (χ0v) is 16.0. The average molecular weight is 332 g/mol. The van der Waals surface area contributed by atoms with Crippen LogP contribution in [0.4, 0.5) is 0 Å². The molecule has 0 aromatic heterocycles. The summed E-state index contributed by atoms with van der Waals surface area (Å²) in [6, 6.07) is 13.2. The Morgan fingerprint density at radius 2 is 1.56 bits per heavy atom. The van der Waals surface area contributed by atoms with Crippen molar-refractivity contribution < 1.29 is 4.79 Å². The molecule has 0 saturated heterocycles. The number of fused-ring (bicyclic) bond motifs is 1. The van der Waals surface area contributed by atoms with Gasteiger partial charge in [0.2, 0.25) is 0 Å². The average Bonchev–Trinajstić information content (AvgIpc) is 2.57. The SMILES string of the molecule is Cc1cc2c(cc1-c1cccc(C=CC=O)c1)C(C)(C)CCC2(C)C. The van der Waals surface area contributed by atoms with Crippen LogP contribution in [0.2, 0.25) is 0 Å². The molecular formula is C24H28O. The molecular weight excluding hydrogens is 304 g/mol. The smallest absolute Gasteiger partial charge is 0.142 e. The summed E-state index contributed by atoms with van der Waals surface area (Å²) in [7, 11) is 0. The minimum atomic E-state index is 0.211. The normalized spacial score (nSPS) is 18.1. The van der Waals surface area contributed by atoms with Gasteiger partial charge < -0.3 is 0 Å². The zero-order chi connectivity index (χ0) is 18.2. The second-order valence-electron chi connectivity index (χ2n) is 8.60. The largest absolute Gasteiger partial charge is 0.299 e. The molecule has 0 N–H and O–H groups in total. The van der Waals surface area contributed by atoms with Crippen molar-refractivity contribution in [3.8, 4) is 11.1 Å². The molecule has 25 heavy (non-hydrogen) atoms. The lowest BCUT2D eigenvalue weighted by molar-refractivity contribution is -0.104. The first-order valence-corrected chi connectivity index (χ1v) is 9.12. The van der Waals surface area contributed by atoms with Crippen molar-refractivity contribution in [2.45, 2.75) is 58.3 Å². The van der Waals surface area contributed by atoms with Gasteiger partial charge in [0.15, 0.2) is 0 Å². The molecule has 0 unspecified atom stereocenters. The van der Waals surface area contributed by atoms with E-state index in [1.54, 1.807) is 6.08 Å². The van der Waals surface area contributed by atoms with E-state index in [2.05, 4.69) is 65.0 Å². The monoisotopic (exact) mass is 332 g/mol. The van der Waals surface area contributed by atoms with E-state index in [0.717, 1.165) is 11.8 Å². The summed E-state index contributed by atoms with van der Waals surface area (Å²) < 4.78 is 0. The van der Waals surface area contributed by atoms with Gasteiger partial charge in [0.05, 0.1) is 0 Å². The van der Waals surface area contributed by atoms with Crippen LogP contribution in [0.3, 0.4) is 0 Å². The van der Waals surface area contributed by atoms with Crippen molar-refractivity contribution in [2.24, 2.45) is 0 Å². The molecule has 0 aliphatic heterocycles. The van der Waals surface area contributed by atoms with Crippen LogP contribution in [0.25, 0.3) is 17.2 Å². The maximum absolute atomic E-state index is 10.6. The molecule has 130 valence electrons. The number of benzene rings is 2. The molecule has 2 aromatic carbocycles. The number of rotatable bonds is 3. The summed E-state index contributed by atoms with van der Waals surface area (Å²) in [5, 5.41) is 0. The molecule has 0 atom stereocenters. The van der Waals surface area contributed by atoms with Crippen LogP contribution in [0.1, 0.15) is 62.8 Å². The first-order chi connectivity index (χ1) is 11.7. The predicted molar refractivity (Wildman–Crippen MR) is 107 cm³/mol. The summed E-state index contributed by atoms with van der Waals surface area (Å²) in [6.07, 6.45) is 6.68. The van der Waals surface area contributed by atoms with Gasteiger partial charge in [0.1, 0.15) is 6.29 Å².